The Morgan fingerprint density at radius 3 is 2.57 bits per heavy atom. The van der Waals surface area contributed by atoms with E-state index in [-0.39, 0.29) is 30.5 Å². The molecule has 0 bridgehead atoms. The van der Waals surface area contributed by atoms with E-state index in [4.69, 9.17) is 0 Å². The first-order valence-corrected chi connectivity index (χ1v) is 9.75. The number of hydrogen-bond acceptors (Lipinski definition) is 2. The maximum Gasteiger partial charge on any atom is 0.416 e. The lowest BCUT2D eigenvalue weighted by Crippen LogP contribution is -2.43. The summed E-state index contributed by atoms with van der Waals surface area (Å²) in [6, 6.07) is 10.8. The Hall–Kier alpha value is -3.03. The van der Waals surface area contributed by atoms with Gasteiger partial charge in [0, 0.05) is 31.2 Å². The number of carbonyl (C=O) groups excluding carboxylic acids is 2. The fourth-order valence-corrected chi connectivity index (χ4v) is 3.35. The van der Waals surface area contributed by atoms with E-state index in [1.807, 2.05) is 0 Å². The van der Waals surface area contributed by atoms with E-state index in [2.05, 4.69) is 10.6 Å². The van der Waals surface area contributed by atoms with Crippen molar-refractivity contribution in [3.63, 3.8) is 0 Å². The number of hydrogen-bond donors (Lipinski definition) is 2. The molecule has 0 saturated heterocycles. The van der Waals surface area contributed by atoms with Crippen molar-refractivity contribution in [2.45, 2.75) is 39.5 Å². The summed E-state index contributed by atoms with van der Waals surface area (Å²) in [6.07, 6.45) is -4.07. The molecule has 0 atom stereocenters. The molecule has 5 nitrogen and oxygen atoms in total. The topological polar surface area (TPSA) is 61.4 Å². The lowest BCUT2D eigenvalue weighted by Gasteiger charge is -2.31. The molecule has 0 radical (unpaired) electrons. The van der Waals surface area contributed by atoms with Gasteiger partial charge < -0.3 is 15.5 Å². The Morgan fingerprint density at radius 2 is 1.87 bits per heavy atom. The molecular weight excluding hydrogens is 395 g/mol. The number of carbonyl (C=O) groups is 2. The SMILES string of the molecule is CC(C)C(=O)Nc1cccc(CNC(=O)N2CCc3cccc(C(F)(F)F)c3C2)c1. The number of fused-ring (bicyclic) bond motifs is 1. The molecule has 1 heterocycles. The van der Waals surface area contributed by atoms with Crippen LogP contribution in [0.5, 0.6) is 0 Å². The minimum Gasteiger partial charge on any atom is -0.334 e. The molecule has 0 saturated carbocycles. The third kappa shape index (κ3) is 5.11. The molecule has 0 spiro atoms. The molecule has 30 heavy (non-hydrogen) atoms. The Morgan fingerprint density at radius 1 is 1.13 bits per heavy atom. The Kier molecular flexibility index (Phi) is 6.34. The van der Waals surface area contributed by atoms with Crippen molar-refractivity contribution in [2.75, 3.05) is 11.9 Å². The monoisotopic (exact) mass is 419 g/mol. The van der Waals surface area contributed by atoms with E-state index >= 15 is 0 Å². The van der Waals surface area contributed by atoms with Crippen LogP contribution < -0.4 is 10.6 Å². The number of anilines is 1. The van der Waals surface area contributed by atoms with Crippen molar-refractivity contribution in [3.8, 4) is 0 Å². The van der Waals surface area contributed by atoms with E-state index in [1.165, 1.54) is 11.0 Å². The molecule has 2 aromatic carbocycles. The zero-order valence-electron chi connectivity index (χ0n) is 16.8. The number of halogens is 3. The molecule has 0 aromatic heterocycles. The van der Waals surface area contributed by atoms with Crippen LogP contribution in [0.1, 0.15) is 36.1 Å². The quantitative estimate of drug-likeness (QED) is 0.763. The van der Waals surface area contributed by atoms with Gasteiger partial charge in [-0.2, -0.15) is 13.2 Å². The van der Waals surface area contributed by atoms with Gasteiger partial charge in [-0.25, -0.2) is 4.79 Å². The molecule has 3 rings (SSSR count). The largest absolute Gasteiger partial charge is 0.416 e. The normalized spacial score (nSPS) is 13.7. The second-order valence-electron chi connectivity index (χ2n) is 7.62. The maximum atomic E-state index is 13.3. The number of rotatable bonds is 4. The van der Waals surface area contributed by atoms with Crippen molar-refractivity contribution < 1.29 is 22.8 Å². The molecule has 1 aliphatic rings. The van der Waals surface area contributed by atoms with Crippen molar-refractivity contribution in [3.05, 3.63) is 64.7 Å². The van der Waals surface area contributed by atoms with Crippen LogP contribution in [0.3, 0.4) is 0 Å². The fraction of sp³-hybridized carbons (Fsp3) is 0.364. The van der Waals surface area contributed by atoms with Crippen molar-refractivity contribution in [1.82, 2.24) is 10.2 Å². The van der Waals surface area contributed by atoms with Crippen LogP contribution in [0.15, 0.2) is 42.5 Å². The van der Waals surface area contributed by atoms with Gasteiger partial charge >= 0.3 is 12.2 Å². The summed E-state index contributed by atoms with van der Waals surface area (Å²) < 4.78 is 39.9. The van der Waals surface area contributed by atoms with Crippen LogP contribution in [-0.4, -0.2) is 23.4 Å². The van der Waals surface area contributed by atoms with E-state index in [1.54, 1.807) is 44.2 Å². The predicted molar refractivity (Wildman–Crippen MR) is 108 cm³/mol. The van der Waals surface area contributed by atoms with Crippen molar-refractivity contribution in [1.29, 1.82) is 0 Å². The standard InChI is InChI=1S/C22H24F3N3O2/c1-14(2)20(29)27-17-7-3-5-15(11-17)12-26-21(30)28-10-9-16-6-4-8-19(18(16)13-28)22(23,24)25/h3-8,11,14H,9-10,12-13H2,1-2H3,(H,26,30)(H,27,29). The van der Waals surface area contributed by atoms with Gasteiger partial charge in [-0.1, -0.05) is 38.1 Å². The van der Waals surface area contributed by atoms with E-state index < -0.39 is 17.8 Å². The van der Waals surface area contributed by atoms with Crippen LogP contribution in [0, 0.1) is 5.92 Å². The average molecular weight is 419 g/mol. The summed E-state index contributed by atoms with van der Waals surface area (Å²) in [4.78, 5) is 25.8. The molecule has 160 valence electrons. The van der Waals surface area contributed by atoms with E-state index in [9.17, 15) is 22.8 Å². The van der Waals surface area contributed by atoms with Gasteiger partial charge in [0.2, 0.25) is 5.91 Å². The van der Waals surface area contributed by atoms with E-state index in [0.717, 1.165) is 11.6 Å². The summed E-state index contributed by atoms with van der Waals surface area (Å²) in [7, 11) is 0. The van der Waals surface area contributed by atoms with Gasteiger partial charge in [0.05, 0.1) is 5.56 Å². The highest BCUT2D eigenvalue weighted by atomic mass is 19.4. The first-order chi connectivity index (χ1) is 14.1. The Balaban J connectivity index is 1.64. The second kappa shape index (κ2) is 8.77. The van der Waals surface area contributed by atoms with Crippen LogP contribution >= 0.6 is 0 Å². The fourth-order valence-electron chi connectivity index (χ4n) is 3.35. The molecule has 2 N–H and O–H groups in total. The highest BCUT2D eigenvalue weighted by molar-refractivity contribution is 5.92. The van der Waals surface area contributed by atoms with Crippen LogP contribution in [0.2, 0.25) is 0 Å². The van der Waals surface area contributed by atoms with Crippen molar-refractivity contribution >= 4 is 17.6 Å². The lowest BCUT2D eigenvalue weighted by molar-refractivity contribution is -0.138. The van der Waals surface area contributed by atoms with Crippen LogP contribution in [0.25, 0.3) is 0 Å². The molecule has 3 amide bonds. The maximum absolute atomic E-state index is 13.3. The summed E-state index contributed by atoms with van der Waals surface area (Å²) in [5.41, 5.74) is 1.50. The number of urea groups is 1. The second-order valence-corrected chi connectivity index (χ2v) is 7.62. The van der Waals surface area contributed by atoms with Crippen molar-refractivity contribution in [2.24, 2.45) is 5.92 Å². The van der Waals surface area contributed by atoms with Crippen LogP contribution in [-0.2, 0) is 30.5 Å². The predicted octanol–water partition coefficient (Wildman–Crippen LogP) is 4.57. The summed E-state index contributed by atoms with van der Waals surface area (Å²) >= 11 is 0. The third-order valence-corrected chi connectivity index (χ3v) is 5.03. The lowest BCUT2D eigenvalue weighted by atomic mass is 9.95. The highest BCUT2D eigenvalue weighted by Gasteiger charge is 2.36. The van der Waals surface area contributed by atoms with Gasteiger partial charge in [-0.15, -0.1) is 0 Å². The Labute approximate surface area is 173 Å². The average Bonchev–Trinajstić information content (AvgIpc) is 2.70. The molecule has 0 fully saturated rings. The zero-order valence-corrected chi connectivity index (χ0v) is 16.8. The molecular formula is C22H24F3N3O2. The molecule has 0 unspecified atom stereocenters. The first kappa shape index (κ1) is 21.7. The van der Waals surface area contributed by atoms with Gasteiger partial charge in [0.1, 0.15) is 0 Å². The number of amides is 3. The minimum absolute atomic E-state index is 0.0820. The number of nitrogens with zero attached hydrogens (tertiary/aromatic N) is 1. The van der Waals surface area contributed by atoms with Crippen LogP contribution in [0.4, 0.5) is 23.7 Å². The smallest absolute Gasteiger partial charge is 0.334 e. The first-order valence-electron chi connectivity index (χ1n) is 9.75. The van der Waals surface area contributed by atoms with Gasteiger partial charge in [-0.05, 0) is 41.3 Å². The van der Waals surface area contributed by atoms with E-state index in [0.29, 0.717) is 24.2 Å². The highest BCUT2D eigenvalue weighted by Crippen LogP contribution is 2.35. The number of alkyl halides is 3. The molecule has 2 aromatic rings. The minimum atomic E-state index is -4.45. The summed E-state index contributed by atoms with van der Waals surface area (Å²) in [5.74, 6) is -0.263. The summed E-state index contributed by atoms with van der Waals surface area (Å²) in [6.45, 7) is 4.06. The number of benzene rings is 2. The Bertz CT molecular complexity index is 941. The van der Waals surface area contributed by atoms with Gasteiger partial charge in [0.25, 0.3) is 0 Å². The van der Waals surface area contributed by atoms with Gasteiger partial charge in [0.15, 0.2) is 0 Å². The molecule has 1 aliphatic heterocycles. The zero-order chi connectivity index (χ0) is 21.9. The summed E-state index contributed by atoms with van der Waals surface area (Å²) in [5, 5.41) is 5.55. The third-order valence-electron chi connectivity index (χ3n) is 5.03. The molecule has 0 aliphatic carbocycles. The van der Waals surface area contributed by atoms with Gasteiger partial charge in [-0.3, -0.25) is 4.79 Å². The number of nitrogens with one attached hydrogen (secondary N) is 2. The molecule has 8 heteroatoms.